The average Bonchev–Trinajstić information content (AvgIpc) is 3.49. The summed E-state index contributed by atoms with van der Waals surface area (Å²) in [5, 5.41) is 4.50. The zero-order valence-corrected chi connectivity index (χ0v) is 20.5. The fourth-order valence-corrected chi connectivity index (χ4v) is 7.15. The zero-order chi connectivity index (χ0) is 22.8. The van der Waals surface area contributed by atoms with Crippen LogP contribution in [0.1, 0.15) is 60.6 Å². The molecule has 0 saturated heterocycles. The van der Waals surface area contributed by atoms with Crippen LogP contribution in [0.15, 0.2) is 34.2 Å². The molecule has 0 atom stereocenters. The lowest BCUT2D eigenvalue weighted by Crippen LogP contribution is -2.28. The molecule has 0 aliphatic heterocycles. The highest BCUT2D eigenvalue weighted by Gasteiger charge is 2.27. The van der Waals surface area contributed by atoms with E-state index >= 15 is 0 Å². The van der Waals surface area contributed by atoms with E-state index in [2.05, 4.69) is 5.32 Å². The standard InChI is InChI=1S/C25H29N3O3S2/c1-31-18-10-6-7-16(13-18)14-26-21(29)15-32-25-27-23-22(19-11-4-5-12-20(19)33-23)24(30)28(25)17-8-2-3-9-17/h6-7,10,13,17H,2-5,8-9,11-12,14-15H2,1H3,(H,26,29). The van der Waals surface area contributed by atoms with Gasteiger partial charge in [-0.3, -0.25) is 14.2 Å². The molecule has 6 nitrogen and oxygen atoms in total. The van der Waals surface area contributed by atoms with Gasteiger partial charge in [0.1, 0.15) is 10.6 Å². The maximum Gasteiger partial charge on any atom is 0.263 e. The lowest BCUT2D eigenvalue weighted by Gasteiger charge is -2.18. The number of methoxy groups -OCH3 is 1. The van der Waals surface area contributed by atoms with Gasteiger partial charge in [-0.05, 0) is 61.8 Å². The summed E-state index contributed by atoms with van der Waals surface area (Å²) in [6, 6.07) is 7.86. The van der Waals surface area contributed by atoms with Gasteiger partial charge in [0.2, 0.25) is 5.91 Å². The van der Waals surface area contributed by atoms with Gasteiger partial charge in [0.15, 0.2) is 5.16 Å². The molecule has 1 aromatic carbocycles. The van der Waals surface area contributed by atoms with Crippen LogP contribution in [-0.2, 0) is 24.2 Å². The van der Waals surface area contributed by atoms with Crippen molar-refractivity contribution in [2.75, 3.05) is 12.9 Å². The molecule has 1 fully saturated rings. The lowest BCUT2D eigenvalue weighted by atomic mass is 9.97. The van der Waals surface area contributed by atoms with E-state index in [1.165, 1.54) is 28.6 Å². The quantitative estimate of drug-likeness (QED) is 0.383. The van der Waals surface area contributed by atoms with Crippen molar-refractivity contribution in [3.8, 4) is 5.75 Å². The number of hydrogen-bond donors (Lipinski definition) is 1. The third-order valence-corrected chi connectivity index (χ3v) is 8.77. The Morgan fingerprint density at radius 2 is 2.06 bits per heavy atom. The van der Waals surface area contributed by atoms with E-state index in [-0.39, 0.29) is 23.3 Å². The Morgan fingerprint density at radius 3 is 2.88 bits per heavy atom. The first-order valence-electron chi connectivity index (χ1n) is 11.7. The van der Waals surface area contributed by atoms with Gasteiger partial charge in [-0.1, -0.05) is 36.7 Å². The first-order chi connectivity index (χ1) is 16.1. The molecule has 0 radical (unpaired) electrons. The molecule has 1 amide bonds. The number of nitrogens with zero attached hydrogens (tertiary/aromatic N) is 2. The van der Waals surface area contributed by atoms with Gasteiger partial charge < -0.3 is 10.1 Å². The summed E-state index contributed by atoms with van der Waals surface area (Å²) in [5.41, 5.74) is 2.32. The first kappa shape index (κ1) is 22.5. The van der Waals surface area contributed by atoms with Gasteiger partial charge >= 0.3 is 0 Å². The Hall–Kier alpha value is -2.32. The molecule has 2 aliphatic carbocycles. The van der Waals surface area contributed by atoms with Crippen molar-refractivity contribution >= 4 is 39.2 Å². The van der Waals surface area contributed by atoms with Crippen LogP contribution in [-0.4, -0.2) is 28.3 Å². The number of ether oxygens (including phenoxy) is 1. The van der Waals surface area contributed by atoms with E-state index in [0.717, 1.165) is 66.5 Å². The summed E-state index contributed by atoms with van der Waals surface area (Å²) < 4.78 is 7.16. The van der Waals surface area contributed by atoms with Crippen LogP contribution in [0.5, 0.6) is 5.75 Å². The van der Waals surface area contributed by atoms with E-state index < -0.39 is 0 Å². The average molecular weight is 484 g/mol. The summed E-state index contributed by atoms with van der Waals surface area (Å²) in [5.74, 6) is 0.938. The fraction of sp³-hybridized carbons (Fsp3) is 0.480. The van der Waals surface area contributed by atoms with Crippen molar-refractivity contribution in [3.63, 3.8) is 0 Å². The van der Waals surface area contributed by atoms with Gasteiger partial charge in [-0.2, -0.15) is 0 Å². The molecule has 3 aromatic rings. The molecule has 0 spiro atoms. The number of nitrogens with one attached hydrogen (secondary N) is 1. The maximum atomic E-state index is 13.7. The summed E-state index contributed by atoms with van der Waals surface area (Å²) in [7, 11) is 1.63. The van der Waals surface area contributed by atoms with Gasteiger partial charge in [-0.15, -0.1) is 11.3 Å². The number of benzene rings is 1. The molecule has 2 aliphatic rings. The smallest absolute Gasteiger partial charge is 0.263 e. The highest BCUT2D eigenvalue weighted by Crippen LogP contribution is 2.37. The number of rotatable bonds is 7. The highest BCUT2D eigenvalue weighted by atomic mass is 32.2. The van der Waals surface area contributed by atoms with E-state index in [0.29, 0.717) is 11.7 Å². The van der Waals surface area contributed by atoms with Gasteiger partial charge in [0.05, 0.1) is 18.2 Å². The lowest BCUT2D eigenvalue weighted by molar-refractivity contribution is -0.118. The van der Waals surface area contributed by atoms with Crippen molar-refractivity contribution < 1.29 is 9.53 Å². The molecule has 2 heterocycles. The number of carbonyl (C=O) groups is 1. The molecule has 5 rings (SSSR count). The Morgan fingerprint density at radius 1 is 1.24 bits per heavy atom. The number of fused-ring (bicyclic) bond motifs is 3. The maximum absolute atomic E-state index is 13.7. The van der Waals surface area contributed by atoms with Crippen molar-refractivity contribution in [1.29, 1.82) is 0 Å². The van der Waals surface area contributed by atoms with Crippen molar-refractivity contribution in [2.24, 2.45) is 0 Å². The minimum Gasteiger partial charge on any atom is -0.497 e. The first-order valence-corrected chi connectivity index (χ1v) is 13.5. The Bertz CT molecular complexity index is 1230. The SMILES string of the molecule is COc1cccc(CNC(=O)CSc2nc3sc4c(c3c(=O)n2C2CCCC2)CCCC4)c1. The topological polar surface area (TPSA) is 73.2 Å². The van der Waals surface area contributed by atoms with Gasteiger partial charge in [0, 0.05) is 17.5 Å². The zero-order valence-electron chi connectivity index (χ0n) is 18.9. The van der Waals surface area contributed by atoms with Crippen LogP contribution in [0.3, 0.4) is 0 Å². The Balaban J connectivity index is 1.37. The third-order valence-electron chi connectivity index (χ3n) is 6.63. The highest BCUT2D eigenvalue weighted by molar-refractivity contribution is 7.99. The molecule has 1 N–H and O–H groups in total. The monoisotopic (exact) mass is 483 g/mol. The fourth-order valence-electron chi connectivity index (χ4n) is 4.95. The van der Waals surface area contributed by atoms with E-state index in [1.54, 1.807) is 18.4 Å². The summed E-state index contributed by atoms with van der Waals surface area (Å²) >= 11 is 3.06. The van der Waals surface area contributed by atoms with Crippen LogP contribution in [0, 0.1) is 0 Å². The van der Waals surface area contributed by atoms with Crippen LogP contribution in [0.4, 0.5) is 0 Å². The summed E-state index contributed by atoms with van der Waals surface area (Å²) in [6.07, 6.45) is 8.66. The molecule has 8 heteroatoms. The third kappa shape index (κ3) is 4.68. The molecule has 1 saturated carbocycles. The normalized spacial score (nSPS) is 16.2. The Labute approximate surface area is 201 Å². The molecular weight excluding hydrogens is 454 g/mol. The van der Waals surface area contributed by atoms with E-state index in [9.17, 15) is 9.59 Å². The predicted molar refractivity (Wildman–Crippen MR) is 134 cm³/mol. The van der Waals surface area contributed by atoms with Crippen LogP contribution in [0.2, 0.25) is 0 Å². The molecule has 33 heavy (non-hydrogen) atoms. The van der Waals surface area contributed by atoms with Crippen LogP contribution < -0.4 is 15.6 Å². The number of aryl methyl sites for hydroxylation is 2. The summed E-state index contributed by atoms with van der Waals surface area (Å²) in [4.78, 5) is 33.4. The Kier molecular flexibility index (Phi) is 6.74. The number of carbonyl (C=O) groups excluding carboxylic acids is 1. The number of hydrogen-bond acceptors (Lipinski definition) is 6. The second-order valence-corrected chi connectivity index (χ2v) is 10.8. The van der Waals surface area contributed by atoms with Gasteiger partial charge in [-0.25, -0.2) is 4.98 Å². The molecule has 174 valence electrons. The number of aromatic nitrogens is 2. The molecule has 2 aromatic heterocycles. The number of thioether (sulfide) groups is 1. The second kappa shape index (κ2) is 9.89. The van der Waals surface area contributed by atoms with Gasteiger partial charge in [0.25, 0.3) is 5.56 Å². The van der Waals surface area contributed by atoms with Crippen LogP contribution >= 0.6 is 23.1 Å². The van der Waals surface area contributed by atoms with Crippen molar-refractivity contribution in [1.82, 2.24) is 14.9 Å². The minimum atomic E-state index is -0.0689. The van der Waals surface area contributed by atoms with E-state index in [4.69, 9.17) is 9.72 Å². The molecule has 0 bridgehead atoms. The predicted octanol–water partition coefficient (Wildman–Crippen LogP) is 4.87. The number of amides is 1. The minimum absolute atomic E-state index is 0.0689. The number of thiophene rings is 1. The van der Waals surface area contributed by atoms with Crippen molar-refractivity contribution in [3.05, 3.63) is 50.6 Å². The molecular formula is C25H29N3O3S2. The largest absolute Gasteiger partial charge is 0.497 e. The molecule has 0 unspecified atom stereocenters. The summed E-state index contributed by atoms with van der Waals surface area (Å²) in [6.45, 7) is 0.441. The van der Waals surface area contributed by atoms with Crippen molar-refractivity contribution in [2.45, 2.75) is 69.1 Å². The second-order valence-electron chi connectivity index (χ2n) is 8.82. The van der Waals surface area contributed by atoms with E-state index in [1.807, 2.05) is 28.8 Å². The van der Waals surface area contributed by atoms with Crippen LogP contribution in [0.25, 0.3) is 10.2 Å².